The Balaban J connectivity index is 2.50. The minimum Gasteiger partial charge on any atom is -0.478 e. The summed E-state index contributed by atoms with van der Waals surface area (Å²) in [6.45, 7) is 3.67. The highest BCUT2D eigenvalue weighted by molar-refractivity contribution is 5.95. The maximum atomic E-state index is 11.1. The largest absolute Gasteiger partial charge is 0.478 e. The Kier molecular flexibility index (Phi) is 4.22. The first-order valence-corrected chi connectivity index (χ1v) is 6.72. The van der Waals surface area contributed by atoms with Gasteiger partial charge in [-0.3, -0.25) is 0 Å². The molecule has 3 N–H and O–H groups in total. The number of aromatic carboxylic acids is 1. The molecule has 4 nitrogen and oxygen atoms in total. The molecule has 0 bridgehead atoms. The summed E-state index contributed by atoms with van der Waals surface area (Å²) in [5.41, 5.74) is 8.23. The number of fused-ring (bicyclic) bond motifs is 1. The monoisotopic (exact) mass is 260 g/mol. The molecule has 19 heavy (non-hydrogen) atoms. The van der Waals surface area contributed by atoms with Crippen molar-refractivity contribution in [3.63, 3.8) is 0 Å². The van der Waals surface area contributed by atoms with E-state index in [1.54, 1.807) is 12.1 Å². The van der Waals surface area contributed by atoms with E-state index in [4.69, 9.17) is 10.8 Å². The van der Waals surface area contributed by atoms with Gasteiger partial charge in [-0.25, -0.2) is 4.79 Å². The van der Waals surface area contributed by atoms with Gasteiger partial charge in [0.1, 0.15) is 0 Å². The Morgan fingerprint density at radius 2 is 2.21 bits per heavy atom. The summed E-state index contributed by atoms with van der Waals surface area (Å²) in [5.74, 6) is -0.876. The lowest BCUT2D eigenvalue weighted by Crippen LogP contribution is -2.04. The highest BCUT2D eigenvalue weighted by Gasteiger charge is 2.11. The molecule has 0 aliphatic rings. The van der Waals surface area contributed by atoms with Crippen LogP contribution in [-0.2, 0) is 13.0 Å². The summed E-state index contributed by atoms with van der Waals surface area (Å²) >= 11 is 0. The van der Waals surface area contributed by atoms with Crippen LogP contribution in [0.25, 0.3) is 10.9 Å². The third-order valence-corrected chi connectivity index (χ3v) is 3.33. The number of benzene rings is 1. The van der Waals surface area contributed by atoms with E-state index in [9.17, 15) is 4.79 Å². The van der Waals surface area contributed by atoms with Gasteiger partial charge in [-0.1, -0.05) is 13.3 Å². The van der Waals surface area contributed by atoms with Crippen molar-refractivity contribution < 1.29 is 9.90 Å². The third kappa shape index (κ3) is 2.79. The molecular formula is C15H20N2O2. The average molecular weight is 260 g/mol. The van der Waals surface area contributed by atoms with Gasteiger partial charge in [-0.2, -0.15) is 0 Å². The summed E-state index contributed by atoms with van der Waals surface area (Å²) in [6.07, 6.45) is 5.08. The Morgan fingerprint density at radius 1 is 1.42 bits per heavy atom. The second-order valence-corrected chi connectivity index (χ2v) is 4.78. The number of aromatic nitrogens is 1. The first-order valence-electron chi connectivity index (χ1n) is 6.72. The average Bonchev–Trinajstić information content (AvgIpc) is 2.74. The van der Waals surface area contributed by atoms with Crippen LogP contribution in [-0.4, -0.2) is 22.2 Å². The lowest BCUT2D eigenvalue weighted by atomic mass is 10.1. The Hall–Kier alpha value is -1.81. The lowest BCUT2D eigenvalue weighted by molar-refractivity contribution is 0.0697. The predicted molar refractivity (Wildman–Crippen MR) is 76.6 cm³/mol. The molecule has 1 aromatic heterocycles. The molecule has 0 atom stereocenters. The Bertz CT molecular complexity index is 587. The van der Waals surface area contributed by atoms with Gasteiger partial charge >= 0.3 is 5.97 Å². The lowest BCUT2D eigenvalue weighted by Gasteiger charge is -2.04. The van der Waals surface area contributed by atoms with Gasteiger partial charge in [-0.15, -0.1) is 0 Å². The molecule has 0 radical (unpaired) electrons. The number of rotatable bonds is 6. The van der Waals surface area contributed by atoms with Gasteiger partial charge in [0.05, 0.1) is 5.56 Å². The van der Waals surface area contributed by atoms with Crippen molar-refractivity contribution in [1.82, 2.24) is 4.57 Å². The maximum absolute atomic E-state index is 11.1. The van der Waals surface area contributed by atoms with Crippen molar-refractivity contribution in [3.8, 4) is 0 Å². The fourth-order valence-electron chi connectivity index (χ4n) is 2.42. The minimum atomic E-state index is -0.876. The zero-order valence-electron chi connectivity index (χ0n) is 11.2. The third-order valence-electron chi connectivity index (χ3n) is 3.33. The van der Waals surface area contributed by atoms with E-state index >= 15 is 0 Å². The second kappa shape index (κ2) is 5.89. The molecule has 0 spiro atoms. The van der Waals surface area contributed by atoms with E-state index in [0.717, 1.165) is 36.7 Å². The normalized spacial score (nSPS) is 11.1. The summed E-state index contributed by atoms with van der Waals surface area (Å²) in [6, 6.07) is 5.34. The topological polar surface area (TPSA) is 68.2 Å². The molecule has 0 fully saturated rings. The highest BCUT2D eigenvalue weighted by Crippen LogP contribution is 2.24. The number of hydrogen-bond acceptors (Lipinski definition) is 2. The standard InChI is InChI=1S/C15H20N2O2/c1-2-4-12-10-17(8-3-7-16)14-6-5-11(15(18)19)9-13(12)14/h5-6,9-10H,2-4,7-8,16H2,1H3,(H,18,19). The summed E-state index contributed by atoms with van der Waals surface area (Å²) in [7, 11) is 0. The van der Waals surface area contributed by atoms with Gasteiger partial charge in [-0.05, 0) is 43.1 Å². The zero-order chi connectivity index (χ0) is 13.8. The van der Waals surface area contributed by atoms with E-state index in [2.05, 4.69) is 17.7 Å². The summed E-state index contributed by atoms with van der Waals surface area (Å²) < 4.78 is 2.18. The molecule has 1 heterocycles. The molecule has 0 aliphatic carbocycles. The SMILES string of the molecule is CCCc1cn(CCCN)c2ccc(C(=O)O)cc12. The van der Waals surface area contributed by atoms with Crippen molar-refractivity contribution in [1.29, 1.82) is 0 Å². The first-order chi connectivity index (χ1) is 9.17. The summed E-state index contributed by atoms with van der Waals surface area (Å²) in [5, 5.41) is 10.1. The van der Waals surface area contributed by atoms with Gasteiger partial charge in [0.25, 0.3) is 0 Å². The Morgan fingerprint density at radius 3 is 2.84 bits per heavy atom. The minimum absolute atomic E-state index is 0.349. The Labute approximate surface area is 112 Å². The van der Waals surface area contributed by atoms with Crippen LogP contribution in [0.4, 0.5) is 0 Å². The van der Waals surface area contributed by atoms with E-state index in [1.807, 2.05) is 6.07 Å². The van der Waals surface area contributed by atoms with Crippen molar-refractivity contribution in [2.24, 2.45) is 5.73 Å². The quantitative estimate of drug-likeness (QED) is 0.839. The molecule has 2 rings (SSSR count). The molecule has 2 aromatic rings. The van der Waals surface area contributed by atoms with Crippen LogP contribution in [0.1, 0.15) is 35.7 Å². The van der Waals surface area contributed by atoms with E-state index in [0.29, 0.717) is 12.1 Å². The number of carbonyl (C=O) groups is 1. The second-order valence-electron chi connectivity index (χ2n) is 4.78. The molecular weight excluding hydrogens is 240 g/mol. The van der Waals surface area contributed by atoms with Crippen molar-refractivity contribution >= 4 is 16.9 Å². The number of carboxylic acids is 1. The van der Waals surface area contributed by atoms with Crippen molar-refractivity contribution in [2.45, 2.75) is 32.7 Å². The molecule has 0 saturated heterocycles. The van der Waals surface area contributed by atoms with E-state index in [1.165, 1.54) is 5.56 Å². The van der Waals surface area contributed by atoms with Gasteiger partial charge in [0.15, 0.2) is 0 Å². The van der Waals surface area contributed by atoms with Crippen LogP contribution in [0, 0.1) is 0 Å². The molecule has 0 unspecified atom stereocenters. The fourth-order valence-corrected chi connectivity index (χ4v) is 2.42. The van der Waals surface area contributed by atoms with Crippen LogP contribution in [0.5, 0.6) is 0 Å². The number of nitrogens with zero attached hydrogens (tertiary/aromatic N) is 1. The van der Waals surface area contributed by atoms with Gasteiger partial charge < -0.3 is 15.4 Å². The number of hydrogen-bond donors (Lipinski definition) is 2. The predicted octanol–water partition coefficient (Wildman–Crippen LogP) is 2.64. The van der Waals surface area contributed by atoms with Gasteiger partial charge in [0.2, 0.25) is 0 Å². The van der Waals surface area contributed by atoms with Crippen LogP contribution in [0.2, 0.25) is 0 Å². The zero-order valence-corrected chi connectivity index (χ0v) is 11.2. The van der Waals surface area contributed by atoms with Crippen LogP contribution in [0.15, 0.2) is 24.4 Å². The van der Waals surface area contributed by atoms with Crippen molar-refractivity contribution in [3.05, 3.63) is 35.5 Å². The smallest absolute Gasteiger partial charge is 0.335 e. The maximum Gasteiger partial charge on any atom is 0.335 e. The first kappa shape index (κ1) is 13.6. The van der Waals surface area contributed by atoms with Gasteiger partial charge in [0, 0.05) is 23.6 Å². The summed E-state index contributed by atoms with van der Waals surface area (Å²) in [4.78, 5) is 11.1. The van der Waals surface area contributed by atoms with Crippen LogP contribution >= 0.6 is 0 Å². The van der Waals surface area contributed by atoms with E-state index in [-0.39, 0.29) is 0 Å². The molecule has 0 amide bonds. The molecule has 1 aromatic carbocycles. The number of aryl methyl sites for hydroxylation is 2. The number of nitrogens with two attached hydrogens (primary N) is 1. The molecule has 0 aliphatic heterocycles. The van der Waals surface area contributed by atoms with Crippen LogP contribution in [0.3, 0.4) is 0 Å². The molecule has 102 valence electrons. The fraction of sp³-hybridized carbons (Fsp3) is 0.400. The van der Waals surface area contributed by atoms with Crippen molar-refractivity contribution in [2.75, 3.05) is 6.54 Å². The molecule has 0 saturated carbocycles. The number of carboxylic acid groups (broad SMARTS) is 1. The van der Waals surface area contributed by atoms with E-state index < -0.39 is 5.97 Å². The van der Waals surface area contributed by atoms with Crippen LogP contribution < -0.4 is 5.73 Å². The molecule has 4 heteroatoms. The highest BCUT2D eigenvalue weighted by atomic mass is 16.4.